The molecule has 0 spiro atoms. The normalized spacial score (nSPS) is 37.6. The first-order valence-electron chi connectivity index (χ1n) is 6.05. The Morgan fingerprint density at radius 1 is 1.31 bits per heavy atom. The van der Waals surface area contributed by atoms with E-state index in [1.165, 1.54) is 6.42 Å². The second-order valence-corrected chi connectivity index (χ2v) is 5.01. The molecule has 16 heavy (non-hydrogen) atoms. The Balaban J connectivity index is 1.62. The number of nitrogens with zero attached hydrogens (tertiary/aromatic N) is 1. The van der Waals surface area contributed by atoms with Crippen molar-refractivity contribution in [3.63, 3.8) is 0 Å². The van der Waals surface area contributed by atoms with Gasteiger partial charge in [0.15, 0.2) is 0 Å². The molecule has 3 rings (SSSR count). The molecule has 88 valence electrons. The third-order valence-electron chi connectivity index (χ3n) is 3.97. The number of carbonyl (C=O) groups excluding carboxylic acids is 2. The summed E-state index contributed by atoms with van der Waals surface area (Å²) in [5.41, 5.74) is 0. The van der Waals surface area contributed by atoms with E-state index >= 15 is 0 Å². The summed E-state index contributed by atoms with van der Waals surface area (Å²) in [6.45, 7) is 2.76. The fourth-order valence-electron chi connectivity index (χ4n) is 3.05. The average Bonchev–Trinajstić information content (AvgIpc) is 2.89. The average molecular weight is 223 g/mol. The maximum atomic E-state index is 12.1. The first-order chi connectivity index (χ1) is 7.74. The van der Waals surface area contributed by atoms with Crippen molar-refractivity contribution in [2.75, 3.05) is 19.6 Å². The predicted molar refractivity (Wildman–Crippen MR) is 57.6 cm³/mol. The number of amides is 2. The van der Waals surface area contributed by atoms with Gasteiger partial charge in [-0.25, -0.2) is 0 Å². The van der Waals surface area contributed by atoms with Gasteiger partial charge in [0.2, 0.25) is 11.8 Å². The Kier molecular flexibility index (Phi) is 2.35. The molecule has 0 saturated carbocycles. The quantitative estimate of drug-likeness (QED) is 0.605. The van der Waals surface area contributed by atoms with Gasteiger partial charge in [0.25, 0.3) is 0 Å². The van der Waals surface area contributed by atoms with Gasteiger partial charge in [-0.3, -0.25) is 9.59 Å². The van der Waals surface area contributed by atoms with Crippen molar-refractivity contribution in [2.24, 2.45) is 5.92 Å². The zero-order chi connectivity index (χ0) is 11.1. The van der Waals surface area contributed by atoms with Crippen LogP contribution in [0.2, 0.25) is 0 Å². The third-order valence-corrected chi connectivity index (χ3v) is 3.97. The lowest BCUT2D eigenvalue weighted by Crippen LogP contribution is -2.44. The number of hydrogen-bond donors (Lipinski definition) is 2. The van der Waals surface area contributed by atoms with E-state index in [1.54, 1.807) is 0 Å². The van der Waals surface area contributed by atoms with E-state index in [9.17, 15) is 9.59 Å². The highest BCUT2D eigenvalue weighted by atomic mass is 16.2. The number of rotatable bonds is 1. The lowest BCUT2D eigenvalue weighted by atomic mass is 10.1. The highest BCUT2D eigenvalue weighted by molar-refractivity contribution is 5.91. The first-order valence-corrected chi connectivity index (χ1v) is 6.05. The van der Waals surface area contributed by atoms with E-state index in [0.717, 1.165) is 19.6 Å². The van der Waals surface area contributed by atoms with Crippen LogP contribution in [0.5, 0.6) is 0 Å². The summed E-state index contributed by atoms with van der Waals surface area (Å²) in [5.74, 6) is 0.749. The number of likely N-dealkylation sites (tertiary alicyclic amines) is 1. The molecule has 5 nitrogen and oxygen atoms in total. The van der Waals surface area contributed by atoms with E-state index in [2.05, 4.69) is 10.6 Å². The van der Waals surface area contributed by atoms with E-state index in [-0.39, 0.29) is 17.9 Å². The molecule has 0 aliphatic carbocycles. The first kappa shape index (κ1) is 10.1. The lowest BCUT2D eigenvalue weighted by Gasteiger charge is -2.21. The highest BCUT2D eigenvalue weighted by Gasteiger charge is 2.40. The SMILES string of the molecule is O=C1CCC(C(=O)N2C[C@@H]3CCN[C@@H]3C2)N1. The summed E-state index contributed by atoms with van der Waals surface area (Å²) in [4.78, 5) is 25.1. The zero-order valence-electron chi connectivity index (χ0n) is 9.24. The summed E-state index contributed by atoms with van der Waals surface area (Å²) >= 11 is 0. The van der Waals surface area contributed by atoms with Crippen LogP contribution in [0.25, 0.3) is 0 Å². The van der Waals surface area contributed by atoms with Crippen molar-refractivity contribution < 1.29 is 9.59 Å². The van der Waals surface area contributed by atoms with E-state index in [4.69, 9.17) is 0 Å². The van der Waals surface area contributed by atoms with Gasteiger partial charge >= 0.3 is 0 Å². The van der Waals surface area contributed by atoms with Gasteiger partial charge in [0, 0.05) is 25.6 Å². The van der Waals surface area contributed by atoms with Crippen molar-refractivity contribution in [1.82, 2.24) is 15.5 Å². The molecule has 1 unspecified atom stereocenters. The van der Waals surface area contributed by atoms with E-state index < -0.39 is 0 Å². The van der Waals surface area contributed by atoms with Crippen molar-refractivity contribution >= 4 is 11.8 Å². The van der Waals surface area contributed by atoms with Gasteiger partial charge in [-0.1, -0.05) is 0 Å². The molecule has 3 aliphatic rings. The topological polar surface area (TPSA) is 61.4 Å². The molecule has 0 bridgehead atoms. The fraction of sp³-hybridized carbons (Fsp3) is 0.818. The van der Waals surface area contributed by atoms with Gasteiger partial charge in [0.05, 0.1) is 0 Å². The van der Waals surface area contributed by atoms with Crippen LogP contribution >= 0.6 is 0 Å². The second kappa shape index (κ2) is 3.73. The molecule has 0 aromatic heterocycles. The molecule has 0 radical (unpaired) electrons. The van der Waals surface area contributed by atoms with Crippen LogP contribution < -0.4 is 10.6 Å². The molecule has 0 aromatic carbocycles. The van der Waals surface area contributed by atoms with Crippen LogP contribution in [0, 0.1) is 5.92 Å². The van der Waals surface area contributed by atoms with E-state index in [0.29, 0.717) is 24.8 Å². The zero-order valence-corrected chi connectivity index (χ0v) is 9.24. The monoisotopic (exact) mass is 223 g/mol. The Labute approximate surface area is 94.6 Å². The minimum Gasteiger partial charge on any atom is -0.344 e. The number of fused-ring (bicyclic) bond motifs is 1. The molecule has 5 heteroatoms. The van der Waals surface area contributed by atoms with E-state index in [1.807, 2.05) is 4.90 Å². The fourth-order valence-corrected chi connectivity index (χ4v) is 3.05. The minimum absolute atomic E-state index is 0.0101. The van der Waals surface area contributed by atoms with Gasteiger partial charge in [0.1, 0.15) is 6.04 Å². The maximum absolute atomic E-state index is 12.1. The molecule has 3 aliphatic heterocycles. The molecule has 3 atom stereocenters. The standard InChI is InChI=1S/C11H17N3O2/c15-10-2-1-8(13-10)11(16)14-5-7-3-4-12-9(7)6-14/h7-9,12H,1-6H2,(H,13,15)/t7-,8?,9+/m0/s1. The van der Waals surface area contributed by atoms with Crippen LogP contribution in [-0.4, -0.2) is 48.4 Å². The molecule has 3 heterocycles. The van der Waals surface area contributed by atoms with Crippen LogP contribution in [0.3, 0.4) is 0 Å². The Hall–Kier alpha value is -1.10. The largest absolute Gasteiger partial charge is 0.344 e. The Morgan fingerprint density at radius 2 is 2.19 bits per heavy atom. The molecular weight excluding hydrogens is 206 g/mol. The van der Waals surface area contributed by atoms with Crippen LogP contribution in [0.1, 0.15) is 19.3 Å². The number of nitrogens with one attached hydrogen (secondary N) is 2. The number of hydrogen-bond acceptors (Lipinski definition) is 3. The summed E-state index contributed by atoms with van der Waals surface area (Å²) in [6.07, 6.45) is 2.33. The predicted octanol–water partition coefficient (Wildman–Crippen LogP) is -0.915. The lowest BCUT2D eigenvalue weighted by molar-refractivity contribution is -0.133. The molecule has 3 fully saturated rings. The van der Waals surface area contributed by atoms with Gasteiger partial charge in [-0.05, 0) is 25.3 Å². The summed E-state index contributed by atoms with van der Waals surface area (Å²) in [7, 11) is 0. The van der Waals surface area contributed by atoms with Crippen molar-refractivity contribution in [1.29, 1.82) is 0 Å². The van der Waals surface area contributed by atoms with Crippen molar-refractivity contribution in [3.8, 4) is 0 Å². The van der Waals surface area contributed by atoms with Crippen LogP contribution in [0.15, 0.2) is 0 Å². The van der Waals surface area contributed by atoms with Gasteiger partial charge in [-0.15, -0.1) is 0 Å². The summed E-state index contributed by atoms with van der Waals surface area (Å²) < 4.78 is 0. The summed E-state index contributed by atoms with van der Waals surface area (Å²) in [6, 6.07) is 0.229. The Bertz CT molecular complexity index is 319. The van der Waals surface area contributed by atoms with Crippen molar-refractivity contribution in [2.45, 2.75) is 31.3 Å². The summed E-state index contributed by atoms with van der Waals surface area (Å²) in [5, 5.41) is 6.17. The van der Waals surface area contributed by atoms with Crippen LogP contribution in [-0.2, 0) is 9.59 Å². The number of carbonyl (C=O) groups is 2. The Morgan fingerprint density at radius 3 is 2.88 bits per heavy atom. The van der Waals surface area contributed by atoms with Crippen LogP contribution in [0.4, 0.5) is 0 Å². The molecule has 2 amide bonds. The highest BCUT2D eigenvalue weighted by Crippen LogP contribution is 2.25. The van der Waals surface area contributed by atoms with Gasteiger partial charge in [-0.2, -0.15) is 0 Å². The third kappa shape index (κ3) is 1.59. The van der Waals surface area contributed by atoms with Gasteiger partial charge < -0.3 is 15.5 Å². The second-order valence-electron chi connectivity index (χ2n) is 5.01. The molecule has 2 N–H and O–H groups in total. The molecule has 0 aromatic rings. The maximum Gasteiger partial charge on any atom is 0.245 e. The minimum atomic E-state index is -0.258. The smallest absolute Gasteiger partial charge is 0.245 e. The molecular formula is C11H17N3O2. The van der Waals surface area contributed by atoms with Crippen molar-refractivity contribution in [3.05, 3.63) is 0 Å². The molecule has 3 saturated heterocycles.